The number of allylic oxidation sites excluding steroid dienone is 1. The van der Waals surface area contributed by atoms with Gasteiger partial charge in [0.2, 0.25) is 0 Å². The monoisotopic (exact) mass is 267 g/mol. The number of ether oxygens (including phenoxy) is 1. The largest absolute Gasteiger partial charge is 0.465 e. The van der Waals surface area contributed by atoms with Gasteiger partial charge in [0.1, 0.15) is 5.75 Å². The predicted molar refractivity (Wildman–Crippen MR) is 47.1 cm³/mol. The topological polar surface area (TPSA) is 72.2 Å². The van der Waals surface area contributed by atoms with Gasteiger partial charge in [-0.2, -0.15) is 0 Å². The molecule has 1 aromatic rings. The first-order chi connectivity index (χ1) is 4.97. The number of hydrogen-bond donors (Lipinski definition) is 0. The zero-order valence-corrected chi connectivity index (χ0v) is 10.5. The summed E-state index contributed by atoms with van der Waals surface area (Å²) >= 11 is 0. The Labute approximate surface area is 110 Å². The second-order valence-electron chi connectivity index (χ2n) is 2.30. The summed E-state index contributed by atoms with van der Waals surface area (Å²) in [5, 5.41) is 0. The minimum Gasteiger partial charge on any atom is -0.465 e. The van der Waals surface area contributed by atoms with Crippen LogP contribution < -0.4 is 4.74 Å². The standard InChI is InChI=1S/C9H8O.2H2O.Ti.V/c1-2-6-9-8(4-1)5-3-7-10-9;;;;/h1-4,6-7H,5H2;2*1H2;;. The first-order valence-corrected chi connectivity index (χ1v) is 3.36. The van der Waals surface area contributed by atoms with Crippen molar-refractivity contribution < 1.29 is 56.0 Å². The van der Waals surface area contributed by atoms with Crippen LogP contribution in [0, 0.1) is 0 Å². The Hall–Kier alpha value is -0.0213. The van der Waals surface area contributed by atoms with Crippen molar-refractivity contribution in [1.82, 2.24) is 0 Å². The molecule has 1 aliphatic heterocycles. The summed E-state index contributed by atoms with van der Waals surface area (Å²) < 4.78 is 5.24. The molecule has 0 fully saturated rings. The SMILES string of the molecule is C1=COc2ccccc2C1.O.O.[Ti].[V]. The molecule has 0 atom stereocenters. The summed E-state index contributed by atoms with van der Waals surface area (Å²) in [5.41, 5.74) is 1.27. The molecule has 1 radical (unpaired) electrons. The third-order valence-electron chi connectivity index (χ3n) is 1.60. The first-order valence-electron chi connectivity index (χ1n) is 3.36. The van der Waals surface area contributed by atoms with Gasteiger partial charge in [-0.05, 0) is 24.1 Å². The fourth-order valence-electron chi connectivity index (χ4n) is 1.08. The number of hydrogen-bond acceptors (Lipinski definition) is 1. The van der Waals surface area contributed by atoms with Crippen molar-refractivity contribution in [2.75, 3.05) is 0 Å². The molecule has 2 rings (SSSR count). The second-order valence-corrected chi connectivity index (χ2v) is 2.30. The molecule has 0 unspecified atom stereocenters. The van der Waals surface area contributed by atoms with Crippen LogP contribution in [0.3, 0.4) is 0 Å². The molecule has 0 saturated heterocycles. The van der Waals surface area contributed by atoms with Crippen molar-refractivity contribution in [2.24, 2.45) is 0 Å². The van der Waals surface area contributed by atoms with Crippen LogP contribution in [-0.4, -0.2) is 11.0 Å². The summed E-state index contributed by atoms with van der Waals surface area (Å²) in [4.78, 5) is 0. The fourth-order valence-corrected chi connectivity index (χ4v) is 1.08. The van der Waals surface area contributed by atoms with E-state index in [0.717, 1.165) is 12.2 Å². The van der Waals surface area contributed by atoms with E-state index in [-0.39, 0.29) is 51.2 Å². The van der Waals surface area contributed by atoms with Crippen LogP contribution in [0.25, 0.3) is 0 Å². The molecule has 0 spiro atoms. The van der Waals surface area contributed by atoms with E-state index in [1.165, 1.54) is 5.56 Å². The molecule has 0 amide bonds. The average Bonchev–Trinajstić information content (AvgIpc) is 2.05. The van der Waals surface area contributed by atoms with E-state index >= 15 is 0 Å². The molecule has 3 nitrogen and oxygen atoms in total. The van der Waals surface area contributed by atoms with Crippen molar-refractivity contribution in [3.05, 3.63) is 42.2 Å². The van der Waals surface area contributed by atoms with E-state index in [2.05, 4.69) is 6.07 Å². The van der Waals surface area contributed by atoms with Gasteiger partial charge in [0, 0.05) is 40.3 Å². The Morgan fingerprint density at radius 3 is 2.36 bits per heavy atom. The maximum absolute atomic E-state index is 5.24. The third-order valence-corrected chi connectivity index (χ3v) is 1.60. The van der Waals surface area contributed by atoms with Gasteiger partial charge in [0.25, 0.3) is 0 Å². The normalized spacial score (nSPS) is 10.0. The van der Waals surface area contributed by atoms with Gasteiger partial charge < -0.3 is 15.7 Å². The molecular formula is C9H12O3TiV. The van der Waals surface area contributed by atoms with E-state index in [1.54, 1.807) is 6.26 Å². The van der Waals surface area contributed by atoms with Gasteiger partial charge in [0.15, 0.2) is 0 Å². The zero-order valence-electron chi connectivity index (χ0n) is 7.53. The summed E-state index contributed by atoms with van der Waals surface area (Å²) in [6.45, 7) is 0. The smallest absolute Gasteiger partial charge is 0.130 e. The van der Waals surface area contributed by atoms with Crippen molar-refractivity contribution in [2.45, 2.75) is 6.42 Å². The number of benzene rings is 1. The van der Waals surface area contributed by atoms with Crippen molar-refractivity contribution in [3.63, 3.8) is 0 Å². The summed E-state index contributed by atoms with van der Waals surface area (Å²) in [6.07, 6.45) is 4.75. The molecule has 0 aromatic heterocycles. The molecule has 75 valence electrons. The van der Waals surface area contributed by atoms with Crippen LogP contribution in [0.4, 0.5) is 0 Å². The van der Waals surface area contributed by atoms with Crippen LogP contribution in [0.15, 0.2) is 36.6 Å². The Kier molecular flexibility index (Phi) is 13.3. The Bertz CT molecular complexity index is 252. The summed E-state index contributed by atoms with van der Waals surface area (Å²) in [6, 6.07) is 8.08. The predicted octanol–water partition coefficient (Wildman–Crippen LogP) is 0.481. The molecule has 0 bridgehead atoms. The maximum atomic E-state index is 5.24. The zero-order chi connectivity index (χ0) is 6.81. The van der Waals surface area contributed by atoms with Gasteiger partial charge in [-0.15, -0.1) is 0 Å². The fraction of sp³-hybridized carbons (Fsp3) is 0.111. The summed E-state index contributed by atoms with van der Waals surface area (Å²) in [5.74, 6) is 0.991. The van der Waals surface area contributed by atoms with Gasteiger partial charge in [-0.1, -0.05) is 18.2 Å². The Morgan fingerprint density at radius 2 is 1.71 bits per heavy atom. The van der Waals surface area contributed by atoms with Crippen molar-refractivity contribution in [3.8, 4) is 5.75 Å². The molecule has 14 heavy (non-hydrogen) atoms. The molecular weight excluding hydrogens is 255 g/mol. The van der Waals surface area contributed by atoms with E-state index in [4.69, 9.17) is 4.74 Å². The molecule has 0 saturated carbocycles. The van der Waals surface area contributed by atoms with Gasteiger partial charge in [0.05, 0.1) is 6.26 Å². The van der Waals surface area contributed by atoms with E-state index < -0.39 is 0 Å². The molecule has 1 aliphatic rings. The molecule has 1 heterocycles. The van der Waals surface area contributed by atoms with Crippen LogP contribution in [0.1, 0.15) is 5.56 Å². The van der Waals surface area contributed by atoms with Crippen molar-refractivity contribution in [1.29, 1.82) is 0 Å². The Balaban J connectivity index is -0.000000302. The van der Waals surface area contributed by atoms with Gasteiger partial charge in [-0.3, -0.25) is 0 Å². The maximum Gasteiger partial charge on any atom is 0.130 e. The van der Waals surface area contributed by atoms with Gasteiger partial charge in [-0.25, -0.2) is 0 Å². The third kappa shape index (κ3) is 4.47. The van der Waals surface area contributed by atoms with E-state index in [0.29, 0.717) is 0 Å². The molecule has 5 heteroatoms. The molecule has 4 N–H and O–H groups in total. The van der Waals surface area contributed by atoms with E-state index in [9.17, 15) is 0 Å². The average molecular weight is 267 g/mol. The summed E-state index contributed by atoms with van der Waals surface area (Å²) in [7, 11) is 0. The second kappa shape index (κ2) is 9.53. The number of rotatable bonds is 0. The van der Waals surface area contributed by atoms with E-state index in [1.807, 2.05) is 24.3 Å². The Morgan fingerprint density at radius 1 is 1.07 bits per heavy atom. The van der Waals surface area contributed by atoms with Crippen molar-refractivity contribution >= 4 is 0 Å². The minimum absolute atomic E-state index is 0. The first kappa shape index (κ1) is 19.5. The minimum atomic E-state index is 0. The quantitative estimate of drug-likeness (QED) is 0.630. The van der Waals surface area contributed by atoms with Crippen LogP contribution in [-0.2, 0) is 46.7 Å². The van der Waals surface area contributed by atoms with Crippen LogP contribution in [0.5, 0.6) is 5.75 Å². The molecule has 1 aromatic carbocycles. The number of para-hydroxylation sites is 1. The van der Waals surface area contributed by atoms with Crippen LogP contribution >= 0.6 is 0 Å². The van der Waals surface area contributed by atoms with Gasteiger partial charge >= 0.3 is 0 Å². The number of fused-ring (bicyclic) bond motifs is 1. The molecule has 0 aliphatic carbocycles. The van der Waals surface area contributed by atoms with Crippen LogP contribution in [0.2, 0.25) is 0 Å².